The summed E-state index contributed by atoms with van der Waals surface area (Å²) in [5.74, 6) is -0.00179. The van der Waals surface area contributed by atoms with Crippen molar-refractivity contribution in [3.8, 4) is 5.75 Å². The number of carbonyl (C=O) groups is 1. The van der Waals surface area contributed by atoms with Crippen LogP contribution in [-0.4, -0.2) is 19.1 Å². The number of rotatable bonds is 3. The third-order valence-corrected chi connectivity index (χ3v) is 2.45. The molecule has 0 aliphatic carbocycles. The number of benzene rings is 1. The van der Waals surface area contributed by atoms with E-state index in [4.69, 9.17) is 0 Å². The van der Waals surface area contributed by atoms with Crippen molar-refractivity contribution in [1.29, 1.82) is 0 Å². The predicted octanol–water partition coefficient (Wildman–Crippen LogP) is 2.41. The van der Waals surface area contributed by atoms with Crippen LogP contribution in [0.5, 0.6) is 5.75 Å². The molecule has 1 aliphatic rings. The highest BCUT2D eigenvalue weighted by Gasteiger charge is 2.24. The van der Waals surface area contributed by atoms with Crippen molar-refractivity contribution in [1.82, 2.24) is 0 Å². The van der Waals surface area contributed by atoms with Gasteiger partial charge in [-0.05, 0) is 18.6 Å². The second kappa shape index (κ2) is 4.47. The molecule has 1 aromatic carbocycles. The minimum absolute atomic E-state index is 0.0488. The van der Waals surface area contributed by atoms with Gasteiger partial charge in [-0.25, -0.2) is 0 Å². The summed E-state index contributed by atoms with van der Waals surface area (Å²) >= 11 is 0. The van der Waals surface area contributed by atoms with Crippen LogP contribution in [0, 0.1) is 0 Å². The molecule has 0 atom stereocenters. The van der Waals surface area contributed by atoms with E-state index in [2.05, 4.69) is 4.74 Å². The second-order valence-corrected chi connectivity index (χ2v) is 3.50. The molecule has 1 aliphatic heterocycles. The van der Waals surface area contributed by atoms with Crippen LogP contribution >= 0.6 is 0 Å². The van der Waals surface area contributed by atoms with Crippen molar-refractivity contribution in [3.63, 3.8) is 0 Å². The van der Waals surface area contributed by atoms with Gasteiger partial charge < -0.3 is 9.64 Å². The van der Waals surface area contributed by atoms with Gasteiger partial charge in [0.1, 0.15) is 5.75 Å². The van der Waals surface area contributed by atoms with Crippen LogP contribution in [0.4, 0.5) is 14.5 Å². The van der Waals surface area contributed by atoms with Crippen molar-refractivity contribution in [3.05, 3.63) is 24.3 Å². The van der Waals surface area contributed by atoms with Crippen molar-refractivity contribution < 1.29 is 18.3 Å². The molecule has 0 N–H and O–H groups in total. The standard InChI is InChI=1S/C11H11F2NO2/c12-11(13)16-9-5-2-1-4-8(9)14-7-3-6-10(14)15/h1-2,4-5,11H,3,6-7H2. The van der Waals surface area contributed by atoms with Crippen LogP contribution in [0.3, 0.4) is 0 Å². The summed E-state index contributed by atoms with van der Waals surface area (Å²) in [7, 11) is 0. The maximum atomic E-state index is 12.2. The fourth-order valence-electron chi connectivity index (χ4n) is 1.78. The minimum Gasteiger partial charge on any atom is -0.433 e. The van der Waals surface area contributed by atoms with Gasteiger partial charge in [0.05, 0.1) is 5.69 Å². The van der Waals surface area contributed by atoms with Gasteiger partial charge in [-0.15, -0.1) is 0 Å². The summed E-state index contributed by atoms with van der Waals surface area (Å²) in [5.41, 5.74) is 0.422. The SMILES string of the molecule is O=C1CCCN1c1ccccc1OC(F)F. The Labute approximate surface area is 91.6 Å². The van der Waals surface area contributed by atoms with Crippen LogP contribution in [0.25, 0.3) is 0 Å². The van der Waals surface area contributed by atoms with E-state index in [0.717, 1.165) is 6.42 Å². The van der Waals surface area contributed by atoms with Crippen molar-refractivity contribution in [2.45, 2.75) is 19.5 Å². The first kappa shape index (κ1) is 10.9. The number of halogens is 2. The zero-order chi connectivity index (χ0) is 11.5. The van der Waals surface area contributed by atoms with Crippen LogP contribution in [-0.2, 0) is 4.79 Å². The number of para-hydroxylation sites is 2. The smallest absolute Gasteiger partial charge is 0.387 e. The van der Waals surface area contributed by atoms with Gasteiger partial charge in [0.15, 0.2) is 0 Å². The first-order valence-electron chi connectivity index (χ1n) is 5.02. The fourth-order valence-corrected chi connectivity index (χ4v) is 1.78. The molecule has 3 nitrogen and oxygen atoms in total. The fraction of sp³-hybridized carbons (Fsp3) is 0.364. The van der Waals surface area contributed by atoms with Crippen LogP contribution < -0.4 is 9.64 Å². The molecule has 16 heavy (non-hydrogen) atoms. The molecule has 1 fully saturated rings. The molecular formula is C11H11F2NO2. The van der Waals surface area contributed by atoms with Crippen molar-refractivity contribution in [2.24, 2.45) is 0 Å². The van der Waals surface area contributed by atoms with Gasteiger partial charge in [-0.2, -0.15) is 8.78 Å². The Morgan fingerprint density at radius 2 is 2.06 bits per heavy atom. The molecule has 0 spiro atoms. The van der Waals surface area contributed by atoms with Crippen molar-refractivity contribution >= 4 is 11.6 Å². The Bertz CT molecular complexity index is 395. The van der Waals surface area contributed by atoms with E-state index in [1.165, 1.54) is 11.0 Å². The first-order valence-corrected chi connectivity index (χ1v) is 5.02. The van der Waals surface area contributed by atoms with E-state index >= 15 is 0 Å². The molecule has 86 valence electrons. The quantitative estimate of drug-likeness (QED) is 0.793. The molecule has 5 heteroatoms. The number of anilines is 1. The lowest BCUT2D eigenvalue weighted by molar-refractivity contribution is -0.117. The average Bonchev–Trinajstić information content (AvgIpc) is 2.64. The molecule has 1 heterocycles. The maximum Gasteiger partial charge on any atom is 0.387 e. The lowest BCUT2D eigenvalue weighted by atomic mass is 10.2. The summed E-state index contributed by atoms with van der Waals surface area (Å²) in [4.78, 5) is 13.0. The third-order valence-electron chi connectivity index (χ3n) is 2.45. The van der Waals surface area contributed by atoms with Gasteiger partial charge >= 0.3 is 6.61 Å². The molecular weight excluding hydrogens is 216 g/mol. The van der Waals surface area contributed by atoms with E-state index in [1.807, 2.05) is 0 Å². The van der Waals surface area contributed by atoms with Gasteiger partial charge in [0.2, 0.25) is 5.91 Å². The zero-order valence-corrected chi connectivity index (χ0v) is 8.53. The van der Waals surface area contributed by atoms with E-state index < -0.39 is 6.61 Å². The number of nitrogens with zero attached hydrogens (tertiary/aromatic N) is 1. The summed E-state index contributed by atoms with van der Waals surface area (Å²) in [5, 5.41) is 0. The molecule has 0 aromatic heterocycles. The molecule has 1 saturated heterocycles. The highest BCUT2D eigenvalue weighted by molar-refractivity contribution is 5.96. The van der Waals surface area contributed by atoms with E-state index in [1.54, 1.807) is 18.2 Å². The number of carbonyl (C=O) groups excluding carboxylic acids is 1. The second-order valence-electron chi connectivity index (χ2n) is 3.50. The highest BCUT2D eigenvalue weighted by atomic mass is 19.3. The molecule has 2 rings (SSSR count). The Morgan fingerprint density at radius 3 is 2.69 bits per heavy atom. The Kier molecular flexibility index (Phi) is 3.03. The molecule has 0 unspecified atom stereocenters. The lowest BCUT2D eigenvalue weighted by Crippen LogP contribution is -2.24. The topological polar surface area (TPSA) is 29.5 Å². The van der Waals surface area contributed by atoms with E-state index in [-0.39, 0.29) is 11.7 Å². The first-order chi connectivity index (χ1) is 7.68. The summed E-state index contributed by atoms with van der Waals surface area (Å²) in [6, 6.07) is 6.34. The Balaban J connectivity index is 2.28. The largest absolute Gasteiger partial charge is 0.433 e. The molecule has 1 aromatic rings. The Hall–Kier alpha value is -1.65. The number of alkyl halides is 2. The maximum absolute atomic E-state index is 12.2. The molecule has 0 saturated carbocycles. The van der Waals surface area contributed by atoms with Crippen LogP contribution in [0.15, 0.2) is 24.3 Å². The normalized spacial score (nSPS) is 15.9. The van der Waals surface area contributed by atoms with Crippen molar-refractivity contribution in [2.75, 3.05) is 11.4 Å². The summed E-state index contributed by atoms with van der Waals surface area (Å²) < 4.78 is 28.7. The van der Waals surface area contributed by atoms with Crippen LogP contribution in [0.2, 0.25) is 0 Å². The van der Waals surface area contributed by atoms with E-state index in [0.29, 0.717) is 18.7 Å². The third kappa shape index (κ3) is 2.13. The van der Waals surface area contributed by atoms with Gasteiger partial charge in [0, 0.05) is 13.0 Å². The van der Waals surface area contributed by atoms with Gasteiger partial charge in [-0.3, -0.25) is 4.79 Å². The van der Waals surface area contributed by atoms with Gasteiger partial charge in [-0.1, -0.05) is 12.1 Å². The minimum atomic E-state index is -2.88. The molecule has 0 bridgehead atoms. The predicted molar refractivity (Wildman–Crippen MR) is 54.7 cm³/mol. The summed E-state index contributed by atoms with van der Waals surface area (Å²) in [6.45, 7) is -2.32. The van der Waals surface area contributed by atoms with Crippen LogP contribution in [0.1, 0.15) is 12.8 Å². The number of hydrogen-bond acceptors (Lipinski definition) is 2. The Morgan fingerprint density at radius 1 is 1.31 bits per heavy atom. The zero-order valence-electron chi connectivity index (χ0n) is 8.53. The average molecular weight is 227 g/mol. The lowest BCUT2D eigenvalue weighted by Gasteiger charge is -2.19. The number of hydrogen-bond donors (Lipinski definition) is 0. The molecule has 1 amide bonds. The van der Waals surface area contributed by atoms with E-state index in [9.17, 15) is 13.6 Å². The number of amides is 1. The summed E-state index contributed by atoms with van der Waals surface area (Å²) in [6.07, 6.45) is 1.21. The number of ether oxygens (including phenoxy) is 1. The molecule has 0 radical (unpaired) electrons. The highest BCUT2D eigenvalue weighted by Crippen LogP contribution is 2.32. The monoisotopic (exact) mass is 227 g/mol. The van der Waals surface area contributed by atoms with Gasteiger partial charge in [0.25, 0.3) is 0 Å².